The van der Waals surface area contributed by atoms with E-state index in [2.05, 4.69) is 51.3 Å². The molecule has 106 valence electrons. The lowest BCUT2D eigenvalue weighted by molar-refractivity contribution is 0.300. The van der Waals surface area contributed by atoms with Crippen LogP contribution in [0.3, 0.4) is 0 Å². The number of nitrogens with one attached hydrogen (secondary N) is 1. The molecule has 2 rings (SSSR count). The molecule has 1 fully saturated rings. The van der Waals surface area contributed by atoms with Crippen LogP contribution < -0.4 is 5.32 Å². The molecule has 0 aliphatic heterocycles. The number of hydrogen-bond acceptors (Lipinski definition) is 1. The Morgan fingerprint density at radius 3 is 2.42 bits per heavy atom. The molecule has 1 nitrogen and oxygen atoms in total. The van der Waals surface area contributed by atoms with Gasteiger partial charge in [0, 0.05) is 6.04 Å². The highest BCUT2D eigenvalue weighted by Gasteiger charge is 2.20. The van der Waals surface area contributed by atoms with Gasteiger partial charge >= 0.3 is 0 Å². The SMILES string of the molecule is CNC1CCC(Cc2cc(C(C)C)ccc2C)CC1. The average molecular weight is 259 g/mol. The Morgan fingerprint density at radius 2 is 1.84 bits per heavy atom. The summed E-state index contributed by atoms with van der Waals surface area (Å²) in [5.41, 5.74) is 4.55. The van der Waals surface area contributed by atoms with Crippen molar-refractivity contribution in [2.45, 2.75) is 64.8 Å². The summed E-state index contributed by atoms with van der Waals surface area (Å²) in [6, 6.07) is 7.81. The first-order chi connectivity index (χ1) is 9.10. The van der Waals surface area contributed by atoms with Gasteiger partial charge in [-0.2, -0.15) is 0 Å². The van der Waals surface area contributed by atoms with Crippen molar-refractivity contribution in [3.63, 3.8) is 0 Å². The van der Waals surface area contributed by atoms with E-state index < -0.39 is 0 Å². The molecule has 0 saturated heterocycles. The third-order valence-corrected chi connectivity index (χ3v) is 4.80. The highest BCUT2D eigenvalue weighted by molar-refractivity contribution is 5.33. The minimum Gasteiger partial charge on any atom is -0.317 e. The summed E-state index contributed by atoms with van der Waals surface area (Å²) in [6.07, 6.45) is 6.75. The first kappa shape index (κ1) is 14.6. The van der Waals surface area contributed by atoms with E-state index in [1.807, 2.05) is 0 Å². The second-order valence-corrected chi connectivity index (χ2v) is 6.55. The summed E-state index contributed by atoms with van der Waals surface area (Å²) < 4.78 is 0. The van der Waals surface area contributed by atoms with E-state index in [9.17, 15) is 0 Å². The largest absolute Gasteiger partial charge is 0.317 e. The number of rotatable bonds is 4. The van der Waals surface area contributed by atoms with E-state index in [0.717, 1.165) is 12.0 Å². The van der Waals surface area contributed by atoms with Gasteiger partial charge in [-0.3, -0.25) is 0 Å². The van der Waals surface area contributed by atoms with E-state index in [-0.39, 0.29) is 0 Å². The first-order valence-corrected chi connectivity index (χ1v) is 7.86. The van der Waals surface area contributed by atoms with Gasteiger partial charge in [0.05, 0.1) is 0 Å². The van der Waals surface area contributed by atoms with Crippen LogP contribution in [0.1, 0.15) is 62.1 Å². The van der Waals surface area contributed by atoms with Crippen LogP contribution in [0.4, 0.5) is 0 Å². The summed E-state index contributed by atoms with van der Waals surface area (Å²) in [6.45, 7) is 6.83. The van der Waals surface area contributed by atoms with Crippen molar-refractivity contribution in [2.24, 2.45) is 5.92 Å². The minimum absolute atomic E-state index is 0.638. The molecule has 0 unspecified atom stereocenters. The molecule has 0 spiro atoms. The van der Waals surface area contributed by atoms with Gasteiger partial charge in [-0.05, 0) is 74.6 Å². The molecule has 1 aliphatic carbocycles. The molecule has 0 radical (unpaired) electrons. The third kappa shape index (κ3) is 3.82. The Kier molecular flexibility index (Phi) is 5.04. The predicted octanol–water partition coefficient (Wildman–Crippen LogP) is 4.44. The van der Waals surface area contributed by atoms with Crippen molar-refractivity contribution in [3.05, 3.63) is 34.9 Å². The van der Waals surface area contributed by atoms with Crippen molar-refractivity contribution in [2.75, 3.05) is 7.05 Å². The Balaban J connectivity index is 2.01. The standard InChI is InChI=1S/C18H29N/c1-13(2)16-8-5-14(3)17(12-16)11-15-6-9-18(19-4)10-7-15/h5,8,12-13,15,18-19H,6-7,9-11H2,1-4H3. The smallest absolute Gasteiger partial charge is 0.00642 e. The van der Waals surface area contributed by atoms with Crippen molar-refractivity contribution >= 4 is 0 Å². The molecule has 0 aromatic heterocycles. The zero-order valence-electron chi connectivity index (χ0n) is 13.0. The summed E-state index contributed by atoms with van der Waals surface area (Å²) in [4.78, 5) is 0. The molecule has 1 saturated carbocycles. The molecular weight excluding hydrogens is 230 g/mol. The van der Waals surface area contributed by atoms with Crippen LogP contribution in [-0.4, -0.2) is 13.1 Å². The van der Waals surface area contributed by atoms with Crippen molar-refractivity contribution < 1.29 is 0 Å². The van der Waals surface area contributed by atoms with E-state index in [0.29, 0.717) is 5.92 Å². The Morgan fingerprint density at radius 1 is 1.16 bits per heavy atom. The summed E-state index contributed by atoms with van der Waals surface area (Å²) >= 11 is 0. The maximum absolute atomic E-state index is 3.42. The molecule has 1 N–H and O–H groups in total. The fraction of sp³-hybridized carbons (Fsp3) is 0.667. The lowest BCUT2D eigenvalue weighted by atomic mass is 9.81. The van der Waals surface area contributed by atoms with Gasteiger partial charge in [-0.1, -0.05) is 32.0 Å². The van der Waals surface area contributed by atoms with E-state index in [1.54, 1.807) is 5.56 Å². The minimum atomic E-state index is 0.638. The Hall–Kier alpha value is -0.820. The van der Waals surface area contributed by atoms with Gasteiger partial charge in [0.1, 0.15) is 0 Å². The Labute approximate surface area is 118 Å². The predicted molar refractivity (Wildman–Crippen MR) is 83.8 cm³/mol. The van der Waals surface area contributed by atoms with Gasteiger partial charge in [0.15, 0.2) is 0 Å². The fourth-order valence-electron chi connectivity index (χ4n) is 3.24. The molecule has 0 heterocycles. The van der Waals surface area contributed by atoms with Crippen LogP contribution in [0.25, 0.3) is 0 Å². The van der Waals surface area contributed by atoms with Gasteiger partial charge in [0.2, 0.25) is 0 Å². The lowest BCUT2D eigenvalue weighted by Crippen LogP contribution is -2.30. The summed E-state index contributed by atoms with van der Waals surface area (Å²) in [7, 11) is 2.10. The third-order valence-electron chi connectivity index (χ3n) is 4.80. The molecule has 1 heteroatoms. The second-order valence-electron chi connectivity index (χ2n) is 6.55. The fourth-order valence-corrected chi connectivity index (χ4v) is 3.24. The van der Waals surface area contributed by atoms with Crippen LogP contribution in [0.5, 0.6) is 0 Å². The highest BCUT2D eigenvalue weighted by atomic mass is 14.9. The number of benzene rings is 1. The molecule has 0 amide bonds. The van der Waals surface area contributed by atoms with E-state index in [4.69, 9.17) is 0 Å². The van der Waals surface area contributed by atoms with Crippen molar-refractivity contribution in [1.82, 2.24) is 5.32 Å². The summed E-state index contributed by atoms with van der Waals surface area (Å²) in [5.74, 6) is 1.53. The van der Waals surface area contributed by atoms with Gasteiger partial charge in [-0.25, -0.2) is 0 Å². The zero-order chi connectivity index (χ0) is 13.8. The topological polar surface area (TPSA) is 12.0 Å². The van der Waals surface area contributed by atoms with Crippen LogP contribution >= 0.6 is 0 Å². The van der Waals surface area contributed by atoms with Gasteiger partial charge in [-0.15, -0.1) is 0 Å². The summed E-state index contributed by atoms with van der Waals surface area (Å²) in [5, 5.41) is 3.42. The number of aryl methyl sites for hydroxylation is 1. The molecule has 19 heavy (non-hydrogen) atoms. The van der Waals surface area contributed by atoms with Crippen LogP contribution in [-0.2, 0) is 6.42 Å². The molecule has 1 aromatic carbocycles. The van der Waals surface area contributed by atoms with Gasteiger partial charge < -0.3 is 5.32 Å². The maximum atomic E-state index is 3.42. The second kappa shape index (κ2) is 6.56. The van der Waals surface area contributed by atoms with Crippen LogP contribution in [0.15, 0.2) is 18.2 Å². The van der Waals surface area contributed by atoms with Crippen LogP contribution in [0.2, 0.25) is 0 Å². The van der Waals surface area contributed by atoms with Gasteiger partial charge in [0.25, 0.3) is 0 Å². The highest BCUT2D eigenvalue weighted by Crippen LogP contribution is 2.29. The van der Waals surface area contributed by atoms with Crippen molar-refractivity contribution in [3.8, 4) is 0 Å². The monoisotopic (exact) mass is 259 g/mol. The molecule has 1 aromatic rings. The lowest BCUT2D eigenvalue weighted by Gasteiger charge is -2.28. The van der Waals surface area contributed by atoms with E-state index in [1.165, 1.54) is 43.2 Å². The zero-order valence-corrected chi connectivity index (χ0v) is 13.0. The van der Waals surface area contributed by atoms with Crippen LogP contribution in [0, 0.1) is 12.8 Å². The molecule has 1 aliphatic rings. The quantitative estimate of drug-likeness (QED) is 0.843. The molecule has 0 bridgehead atoms. The van der Waals surface area contributed by atoms with E-state index >= 15 is 0 Å². The number of hydrogen-bond donors (Lipinski definition) is 1. The molecular formula is C18H29N. The molecule has 0 atom stereocenters. The Bertz CT molecular complexity index is 400. The van der Waals surface area contributed by atoms with Crippen molar-refractivity contribution in [1.29, 1.82) is 0 Å². The average Bonchev–Trinajstić information content (AvgIpc) is 2.42. The first-order valence-electron chi connectivity index (χ1n) is 7.86. The normalized spacial score (nSPS) is 23.8. The maximum Gasteiger partial charge on any atom is 0.00642 e.